The van der Waals surface area contributed by atoms with Crippen LogP contribution < -0.4 is 9.64 Å². The van der Waals surface area contributed by atoms with Crippen molar-refractivity contribution < 1.29 is 18.7 Å². The van der Waals surface area contributed by atoms with Crippen LogP contribution in [0.25, 0.3) is 6.08 Å². The molecule has 1 heterocycles. The number of thioether (sulfide) groups is 1. The summed E-state index contributed by atoms with van der Waals surface area (Å²) in [6, 6.07) is 20.0. The molecule has 4 rings (SSSR count). The van der Waals surface area contributed by atoms with Gasteiger partial charge >= 0.3 is 0 Å². The van der Waals surface area contributed by atoms with Crippen LogP contribution in [0.3, 0.4) is 0 Å². The van der Waals surface area contributed by atoms with Crippen molar-refractivity contribution in [1.29, 1.82) is 0 Å². The Morgan fingerprint density at radius 3 is 2.57 bits per heavy atom. The van der Waals surface area contributed by atoms with Crippen LogP contribution in [0.15, 0.2) is 77.7 Å². The fraction of sp³-hybridized carbons (Fsp3) is 0.0435. The molecule has 0 atom stereocenters. The minimum absolute atomic E-state index is 0.0432. The summed E-state index contributed by atoms with van der Waals surface area (Å²) < 4.78 is 19.6. The molecule has 7 heteroatoms. The highest BCUT2D eigenvalue weighted by atomic mass is 35.5. The Balaban J connectivity index is 1.59. The number of benzene rings is 3. The molecule has 0 radical (unpaired) electrons. The molecule has 150 valence electrons. The molecule has 0 N–H and O–H groups in total. The molecule has 2 amide bonds. The molecule has 1 aliphatic rings. The van der Waals surface area contributed by atoms with Gasteiger partial charge in [0.15, 0.2) is 0 Å². The lowest BCUT2D eigenvalue weighted by molar-refractivity contribution is -0.113. The average Bonchev–Trinajstić information content (AvgIpc) is 3.01. The third-order valence-corrected chi connectivity index (χ3v) is 5.51. The molecule has 0 aromatic heterocycles. The van der Waals surface area contributed by atoms with Crippen molar-refractivity contribution in [3.05, 3.63) is 99.7 Å². The number of carbonyl (C=O) groups excluding carboxylic acids is 2. The predicted octanol–water partition coefficient (Wildman–Crippen LogP) is 6.30. The minimum atomic E-state index is -0.434. The fourth-order valence-electron chi connectivity index (χ4n) is 2.95. The summed E-state index contributed by atoms with van der Waals surface area (Å²) in [5.41, 5.74) is 1.46. The maximum absolute atomic E-state index is 13.9. The van der Waals surface area contributed by atoms with Crippen molar-refractivity contribution >= 4 is 46.3 Å². The van der Waals surface area contributed by atoms with E-state index in [-0.39, 0.29) is 17.3 Å². The first kappa shape index (κ1) is 20.2. The van der Waals surface area contributed by atoms with E-state index in [0.717, 1.165) is 16.7 Å². The number of carbonyl (C=O) groups is 2. The lowest BCUT2D eigenvalue weighted by Gasteiger charge is -2.12. The smallest absolute Gasteiger partial charge is 0.298 e. The van der Waals surface area contributed by atoms with Crippen molar-refractivity contribution in [1.82, 2.24) is 0 Å². The Morgan fingerprint density at radius 1 is 1.00 bits per heavy atom. The van der Waals surface area contributed by atoms with Gasteiger partial charge < -0.3 is 4.74 Å². The van der Waals surface area contributed by atoms with Crippen LogP contribution >= 0.6 is 23.4 Å². The number of rotatable bonds is 5. The second-order valence-corrected chi connectivity index (χ2v) is 7.84. The normalized spacial score (nSPS) is 15.1. The zero-order valence-corrected chi connectivity index (χ0v) is 17.1. The maximum Gasteiger partial charge on any atom is 0.298 e. The summed E-state index contributed by atoms with van der Waals surface area (Å²) in [4.78, 5) is 26.6. The number of hydrogen-bond donors (Lipinski definition) is 0. The molecule has 0 unspecified atom stereocenters. The third-order valence-electron chi connectivity index (χ3n) is 4.41. The van der Waals surface area contributed by atoms with Crippen LogP contribution in [-0.4, -0.2) is 11.1 Å². The Hall–Kier alpha value is -3.09. The van der Waals surface area contributed by atoms with Crippen molar-refractivity contribution in [2.24, 2.45) is 0 Å². The number of nitrogens with zero attached hydrogens (tertiary/aromatic N) is 1. The standard InChI is InChI=1S/C23H15ClFNO3S/c24-17-8-5-9-18(13-17)26-22(27)21(30-23(26)28)12-15-6-2-4-11-20(15)29-14-16-7-1-3-10-19(16)25/h1-13H,14H2/b21-12+. The Kier molecular flexibility index (Phi) is 5.88. The van der Waals surface area contributed by atoms with Crippen LogP contribution in [-0.2, 0) is 11.4 Å². The molecule has 0 bridgehead atoms. The van der Waals surface area contributed by atoms with Crippen molar-refractivity contribution in [2.75, 3.05) is 4.90 Å². The zero-order valence-electron chi connectivity index (χ0n) is 15.5. The monoisotopic (exact) mass is 439 g/mol. The van der Waals surface area contributed by atoms with Gasteiger partial charge in [0.2, 0.25) is 0 Å². The lowest BCUT2D eigenvalue weighted by Crippen LogP contribution is -2.27. The summed E-state index contributed by atoms with van der Waals surface area (Å²) in [7, 11) is 0. The van der Waals surface area contributed by atoms with E-state index in [1.807, 2.05) is 0 Å². The van der Waals surface area contributed by atoms with E-state index < -0.39 is 11.1 Å². The van der Waals surface area contributed by atoms with E-state index in [4.69, 9.17) is 16.3 Å². The highest BCUT2D eigenvalue weighted by Crippen LogP contribution is 2.37. The second kappa shape index (κ2) is 8.73. The number of imide groups is 1. The van der Waals surface area contributed by atoms with Gasteiger partial charge in [0.1, 0.15) is 18.2 Å². The Bertz CT molecular complexity index is 1160. The van der Waals surface area contributed by atoms with Crippen LogP contribution in [0, 0.1) is 5.82 Å². The number of hydrogen-bond acceptors (Lipinski definition) is 4. The van der Waals surface area contributed by atoms with Crippen LogP contribution in [0.1, 0.15) is 11.1 Å². The van der Waals surface area contributed by atoms with Crippen molar-refractivity contribution in [3.63, 3.8) is 0 Å². The summed E-state index contributed by atoms with van der Waals surface area (Å²) >= 11 is 6.83. The Labute approximate surface area is 181 Å². The van der Waals surface area contributed by atoms with E-state index in [1.165, 1.54) is 6.07 Å². The van der Waals surface area contributed by atoms with Gasteiger partial charge in [-0.3, -0.25) is 9.59 Å². The molecule has 30 heavy (non-hydrogen) atoms. The molecular formula is C23H15ClFNO3S. The van der Waals surface area contributed by atoms with Gasteiger partial charge in [-0.25, -0.2) is 9.29 Å². The SMILES string of the molecule is O=C1S/C(=C/c2ccccc2OCc2ccccc2F)C(=O)N1c1cccc(Cl)c1. The molecule has 3 aromatic carbocycles. The molecule has 1 fully saturated rings. The quantitative estimate of drug-likeness (QED) is 0.438. The molecule has 0 saturated carbocycles. The average molecular weight is 440 g/mol. The van der Waals surface area contributed by atoms with Crippen LogP contribution in [0.4, 0.5) is 14.9 Å². The fourth-order valence-corrected chi connectivity index (χ4v) is 3.97. The summed E-state index contributed by atoms with van der Waals surface area (Å²) in [5.74, 6) is -0.302. The second-order valence-electron chi connectivity index (χ2n) is 6.41. The first-order chi connectivity index (χ1) is 14.5. The minimum Gasteiger partial charge on any atom is -0.488 e. The Morgan fingerprint density at radius 2 is 1.77 bits per heavy atom. The first-order valence-electron chi connectivity index (χ1n) is 9.02. The van der Waals surface area contributed by atoms with Gasteiger partial charge in [-0.15, -0.1) is 0 Å². The van der Waals surface area contributed by atoms with Gasteiger partial charge in [0.25, 0.3) is 11.1 Å². The maximum atomic E-state index is 13.9. The van der Waals surface area contributed by atoms with E-state index >= 15 is 0 Å². The summed E-state index contributed by atoms with van der Waals surface area (Å²) in [6.45, 7) is 0.0432. The number of amides is 2. The third kappa shape index (κ3) is 4.25. The molecule has 1 aliphatic heterocycles. The molecule has 0 spiro atoms. The van der Waals surface area contributed by atoms with Crippen LogP contribution in [0.2, 0.25) is 5.02 Å². The van der Waals surface area contributed by atoms with Crippen molar-refractivity contribution in [3.8, 4) is 5.75 Å². The summed E-state index contributed by atoms with van der Waals surface area (Å²) in [5, 5.41) is 0.0284. The van der Waals surface area contributed by atoms with E-state index in [9.17, 15) is 14.0 Å². The van der Waals surface area contributed by atoms with E-state index in [2.05, 4.69) is 0 Å². The molecule has 4 nitrogen and oxygen atoms in total. The van der Waals surface area contributed by atoms with Gasteiger partial charge in [0.05, 0.1) is 10.6 Å². The predicted molar refractivity (Wildman–Crippen MR) is 117 cm³/mol. The largest absolute Gasteiger partial charge is 0.488 e. The number of ether oxygens (including phenoxy) is 1. The van der Waals surface area contributed by atoms with Gasteiger partial charge in [-0.2, -0.15) is 0 Å². The number of halogens is 2. The molecular weight excluding hydrogens is 425 g/mol. The zero-order chi connectivity index (χ0) is 21.1. The first-order valence-corrected chi connectivity index (χ1v) is 10.2. The van der Waals surface area contributed by atoms with E-state index in [1.54, 1.807) is 72.8 Å². The number of para-hydroxylation sites is 1. The topological polar surface area (TPSA) is 46.6 Å². The number of anilines is 1. The van der Waals surface area contributed by atoms with Crippen LogP contribution in [0.5, 0.6) is 5.75 Å². The van der Waals surface area contributed by atoms with E-state index in [0.29, 0.717) is 27.6 Å². The van der Waals surface area contributed by atoms with Gasteiger partial charge in [0, 0.05) is 16.1 Å². The highest BCUT2D eigenvalue weighted by Gasteiger charge is 2.36. The van der Waals surface area contributed by atoms with Gasteiger partial charge in [-0.1, -0.05) is 54.1 Å². The molecule has 1 saturated heterocycles. The molecule has 3 aromatic rings. The molecule has 0 aliphatic carbocycles. The van der Waals surface area contributed by atoms with Gasteiger partial charge in [-0.05, 0) is 48.2 Å². The summed E-state index contributed by atoms with van der Waals surface area (Å²) in [6.07, 6.45) is 1.60. The van der Waals surface area contributed by atoms with Crippen molar-refractivity contribution in [2.45, 2.75) is 6.61 Å². The lowest BCUT2D eigenvalue weighted by atomic mass is 10.1. The highest BCUT2D eigenvalue weighted by molar-refractivity contribution is 8.19.